The van der Waals surface area contributed by atoms with E-state index in [1.807, 2.05) is 6.07 Å². The Morgan fingerprint density at radius 2 is 2.17 bits per heavy atom. The minimum absolute atomic E-state index is 0.0371. The molecule has 0 bridgehead atoms. The Morgan fingerprint density at radius 1 is 1.38 bits per heavy atom. The maximum Gasteiger partial charge on any atom is 0.234 e. The predicted octanol–water partition coefficient (Wildman–Crippen LogP) is 1.84. The number of rotatable bonds is 5. The third kappa shape index (κ3) is 4.53. The third-order valence-corrected chi connectivity index (χ3v) is 4.67. The van der Waals surface area contributed by atoms with E-state index in [0.29, 0.717) is 37.8 Å². The van der Waals surface area contributed by atoms with Gasteiger partial charge in [-0.25, -0.2) is 4.39 Å². The molecule has 1 N–H and O–H groups in total. The van der Waals surface area contributed by atoms with Gasteiger partial charge in [-0.2, -0.15) is 0 Å². The van der Waals surface area contributed by atoms with Gasteiger partial charge < -0.3 is 14.8 Å². The number of nitrogens with one attached hydrogen (secondary N) is 1. The molecule has 2 saturated heterocycles. The van der Waals surface area contributed by atoms with Crippen molar-refractivity contribution >= 4 is 5.91 Å². The summed E-state index contributed by atoms with van der Waals surface area (Å²) in [5.74, 6) is 0.0577. The van der Waals surface area contributed by atoms with Gasteiger partial charge in [-0.05, 0) is 43.5 Å². The lowest BCUT2D eigenvalue weighted by Crippen LogP contribution is -2.45. The van der Waals surface area contributed by atoms with Crippen LogP contribution in [0.25, 0.3) is 0 Å². The van der Waals surface area contributed by atoms with Crippen molar-refractivity contribution in [2.75, 3.05) is 32.8 Å². The van der Waals surface area contributed by atoms with Crippen molar-refractivity contribution in [1.29, 1.82) is 0 Å². The first-order valence-corrected chi connectivity index (χ1v) is 8.59. The standard InChI is InChI=1S/C18H25FN2O3/c1-13-4-5-14(9-16(13)19)10-20-17(22)12-21-6-2-3-15(11-21)18-23-7-8-24-18/h4-5,9,15,18H,2-3,6-8,10-12H2,1H3,(H,20,22). The number of likely N-dealkylation sites (tertiary alicyclic amines) is 1. The summed E-state index contributed by atoms with van der Waals surface area (Å²) in [6.07, 6.45) is 2.00. The van der Waals surface area contributed by atoms with E-state index in [2.05, 4.69) is 10.2 Å². The van der Waals surface area contributed by atoms with E-state index in [9.17, 15) is 9.18 Å². The lowest BCUT2D eigenvalue weighted by atomic mass is 9.97. The van der Waals surface area contributed by atoms with Crippen LogP contribution in [0.1, 0.15) is 24.0 Å². The smallest absolute Gasteiger partial charge is 0.234 e. The topological polar surface area (TPSA) is 50.8 Å². The zero-order valence-electron chi connectivity index (χ0n) is 14.1. The van der Waals surface area contributed by atoms with Crippen LogP contribution in [0.2, 0.25) is 0 Å². The summed E-state index contributed by atoms with van der Waals surface area (Å²) in [4.78, 5) is 14.3. The fourth-order valence-electron chi connectivity index (χ4n) is 3.31. The minimum Gasteiger partial charge on any atom is -0.351 e. The van der Waals surface area contributed by atoms with E-state index in [4.69, 9.17) is 9.47 Å². The third-order valence-electron chi connectivity index (χ3n) is 4.67. The van der Waals surface area contributed by atoms with Crippen molar-refractivity contribution in [3.8, 4) is 0 Å². The summed E-state index contributed by atoms with van der Waals surface area (Å²) in [5.41, 5.74) is 1.39. The second-order valence-corrected chi connectivity index (χ2v) is 6.61. The highest BCUT2D eigenvalue weighted by atomic mass is 19.1. The van der Waals surface area contributed by atoms with Crippen molar-refractivity contribution in [2.24, 2.45) is 5.92 Å². The van der Waals surface area contributed by atoms with Gasteiger partial charge in [0.1, 0.15) is 5.82 Å². The van der Waals surface area contributed by atoms with Crippen LogP contribution in [0.15, 0.2) is 18.2 Å². The van der Waals surface area contributed by atoms with Crippen LogP contribution in [-0.4, -0.2) is 49.9 Å². The number of carbonyl (C=O) groups excluding carboxylic acids is 1. The molecule has 2 aliphatic heterocycles. The Bertz CT molecular complexity index is 575. The number of nitrogens with zero attached hydrogens (tertiary/aromatic N) is 1. The van der Waals surface area contributed by atoms with Crippen LogP contribution >= 0.6 is 0 Å². The molecule has 0 spiro atoms. The number of piperidine rings is 1. The first kappa shape index (κ1) is 17.3. The largest absolute Gasteiger partial charge is 0.351 e. The van der Waals surface area contributed by atoms with Gasteiger partial charge in [-0.1, -0.05) is 12.1 Å². The molecule has 0 saturated carbocycles. The molecule has 1 atom stereocenters. The Balaban J connectivity index is 1.44. The van der Waals surface area contributed by atoms with Crippen LogP contribution in [0.4, 0.5) is 4.39 Å². The molecular weight excluding hydrogens is 311 g/mol. The summed E-state index contributed by atoms with van der Waals surface area (Å²) in [6, 6.07) is 5.04. The summed E-state index contributed by atoms with van der Waals surface area (Å²) < 4.78 is 24.7. The maximum atomic E-state index is 13.5. The molecule has 1 aromatic carbocycles. The van der Waals surface area contributed by atoms with Crippen LogP contribution < -0.4 is 5.32 Å². The average molecular weight is 336 g/mol. The molecule has 132 valence electrons. The quantitative estimate of drug-likeness (QED) is 0.891. The summed E-state index contributed by atoms with van der Waals surface area (Å²) in [7, 11) is 0. The van der Waals surface area contributed by atoms with Gasteiger partial charge in [0.2, 0.25) is 5.91 Å². The molecule has 0 aliphatic carbocycles. The van der Waals surface area contributed by atoms with Gasteiger partial charge in [0.25, 0.3) is 0 Å². The van der Waals surface area contributed by atoms with Gasteiger partial charge in [0, 0.05) is 19.0 Å². The van der Waals surface area contributed by atoms with E-state index < -0.39 is 0 Å². The number of ether oxygens (including phenoxy) is 2. The van der Waals surface area contributed by atoms with E-state index in [1.165, 1.54) is 6.07 Å². The molecule has 2 fully saturated rings. The fourth-order valence-corrected chi connectivity index (χ4v) is 3.31. The molecule has 2 aliphatic rings. The summed E-state index contributed by atoms with van der Waals surface area (Å²) >= 11 is 0. The Morgan fingerprint density at radius 3 is 2.92 bits per heavy atom. The summed E-state index contributed by atoms with van der Waals surface area (Å²) in [5, 5.41) is 2.87. The van der Waals surface area contributed by atoms with Gasteiger partial charge in [-0.3, -0.25) is 9.69 Å². The lowest BCUT2D eigenvalue weighted by molar-refractivity contribution is -0.125. The second-order valence-electron chi connectivity index (χ2n) is 6.61. The molecule has 6 heteroatoms. The maximum absolute atomic E-state index is 13.5. The van der Waals surface area contributed by atoms with Crippen molar-refractivity contribution in [3.63, 3.8) is 0 Å². The van der Waals surface area contributed by atoms with E-state index in [-0.39, 0.29) is 18.0 Å². The van der Waals surface area contributed by atoms with Crippen molar-refractivity contribution in [2.45, 2.75) is 32.6 Å². The number of amides is 1. The molecule has 2 heterocycles. The molecule has 24 heavy (non-hydrogen) atoms. The SMILES string of the molecule is Cc1ccc(CNC(=O)CN2CCCC(C3OCCO3)C2)cc1F. The highest BCUT2D eigenvalue weighted by Crippen LogP contribution is 2.24. The molecule has 0 aromatic heterocycles. The monoisotopic (exact) mass is 336 g/mol. The van der Waals surface area contributed by atoms with E-state index in [1.54, 1.807) is 13.0 Å². The highest BCUT2D eigenvalue weighted by Gasteiger charge is 2.31. The van der Waals surface area contributed by atoms with Crippen LogP contribution in [0.5, 0.6) is 0 Å². The zero-order chi connectivity index (χ0) is 16.9. The molecule has 5 nitrogen and oxygen atoms in total. The molecule has 1 unspecified atom stereocenters. The van der Waals surface area contributed by atoms with Gasteiger partial charge in [0.15, 0.2) is 6.29 Å². The van der Waals surface area contributed by atoms with Crippen molar-refractivity contribution in [3.05, 3.63) is 35.1 Å². The van der Waals surface area contributed by atoms with Gasteiger partial charge >= 0.3 is 0 Å². The number of halogens is 1. The minimum atomic E-state index is -0.239. The van der Waals surface area contributed by atoms with Crippen molar-refractivity contribution in [1.82, 2.24) is 10.2 Å². The number of hydrogen-bond acceptors (Lipinski definition) is 4. The lowest BCUT2D eigenvalue weighted by Gasteiger charge is -2.34. The zero-order valence-corrected chi connectivity index (χ0v) is 14.1. The second kappa shape index (κ2) is 8.05. The van der Waals surface area contributed by atoms with Crippen LogP contribution in [0.3, 0.4) is 0 Å². The van der Waals surface area contributed by atoms with Crippen molar-refractivity contribution < 1.29 is 18.7 Å². The first-order chi connectivity index (χ1) is 11.6. The molecule has 1 amide bonds. The van der Waals surface area contributed by atoms with E-state index >= 15 is 0 Å². The van der Waals surface area contributed by atoms with Crippen LogP contribution in [0, 0.1) is 18.7 Å². The molecular formula is C18H25FN2O3. The molecule has 0 radical (unpaired) electrons. The van der Waals surface area contributed by atoms with E-state index in [0.717, 1.165) is 31.5 Å². The number of benzene rings is 1. The number of aryl methyl sites for hydroxylation is 1. The normalized spacial score (nSPS) is 22.7. The molecule has 1 aromatic rings. The van der Waals surface area contributed by atoms with Crippen LogP contribution in [-0.2, 0) is 20.8 Å². The average Bonchev–Trinajstić information content (AvgIpc) is 3.11. The fraction of sp³-hybridized carbons (Fsp3) is 0.611. The Hall–Kier alpha value is -1.50. The highest BCUT2D eigenvalue weighted by molar-refractivity contribution is 5.78. The Kier molecular flexibility index (Phi) is 5.81. The predicted molar refractivity (Wildman–Crippen MR) is 87.8 cm³/mol. The van der Waals surface area contributed by atoms with Gasteiger partial charge in [-0.15, -0.1) is 0 Å². The number of hydrogen-bond donors (Lipinski definition) is 1. The molecule has 3 rings (SSSR count). The summed E-state index contributed by atoms with van der Waals surface area (Å²) in [6.45, 7) is 5.48. The number of carbonyl (C=O) groups is 1. The first-order valence-electron chi connectivity index (χ1n) is 8.59. The van der Waals surface area contributed by atoms with Gasteiger partial charge in [0.05, 0.1) is 19.8 Å². The Labute approximate surface area is 142 Å².